The average Bonchev–Trinajstić information content (AvgIpc) is 3.38. The maximum absolute atomic E-state index is 5.93. The zero-order chi connectivity index (χ0) is 18.4. The van der Waals surface area contributed by atoms with Crippen LogP contribution in [0.5, 0.6) is 5.75 Å². The Labute approximate surface area is 154 Å². The third-order valence-corrected chi connectivity index (χ3v) is 4.25. The van der Waals surface area contributed by atoms with Crippen molar-refractivity contribution in [1.82, 2.24) is 5.16 Å². The van der Waals surface area contributed by atoms with E-state index >= 15 is 0 Å². The van der Waals surface area contributed by atoms with E-state index in [2.05, 4.69) is 36.0 Å². The quantitative estimate of drug-likeness (QED) is 0.605. The molecule has 0 bridgehead atoms. The summed E-state index contributed by atoms with van der Waals surface area (Å²) in [5.41, 5.74) is 2.94. The molecular formula is C20H26N2O4. The summed E-state index contributed by atoms with van der Waals surface area (Å²) >= 11 is 0. The van der Waals surface area contributed by atoms with Gasteiger partial charge < -0.3 is 23.6 Å². The highest BCUT2D eigenvalue weighted by atomic mass is 16.6. The molecule has 140 valence electrons. The normalized spacial score (nSPS) is 16.2. The number of methoxy groups -OCH3 is 1. The summed E-state index contributed by atoms with van der Waals surface area (Å²) in [6.07, 6.45) is 4.11. The van der Waals surface area contributed by atoms with Crippen LogP contribution in [-0.4, -0.2) is 44.7 Å². The van der Waals surface area contributed by atoms with Gasteiger partial charge in [-0.15, -0.1) is 0 Å². The lowest BCUT2D eigenvalue weighted by Crippen LogP contribution is -2.21. The number of ether oxygens (including phenoxy) is 3. The number of benzene rings is 1. The third-order valence-electron chi connectivity index (χ3n) is 4.25. The largest absolute Gasteiger partial charge is 0.490 e. The number of hydrogen-bond donors (Lipinski definition) is 0. The molecule has 0 spiro atoms. The van der Waals surface area contributed by atoms with Crippen molar-refractivity contribution >= 4 is 17.8 Å². The van der Waals surface area contributed by atoms with E-state index in [4.69, 9.17) is 18.7 Å². The van der Waals surface area contributed by atoms with Gasteiger partial charge in [0.2, 0.25) is 0 Å². The Morgan fingerprint density at radius 3 is 2.73 bits per heavy atom. The lowest BCUT2D eigenvalue weighted by Gasteiger charge is -2.22. The predicted molar refractivity (Wildman–Crippen MR) is 101 cm³/mol. The van der Waals surface area contributed by atoms with Crippen molar-refractivity contribution < 1.29 is 18.7 Å². The van der Waals surface area contributed by atoms with Crippen molar-refractivity contribution in [3.05, 3.63) is 41.3 Å². The summed E-state index contributed by atoms with van der Waals surface area (Å²) in [4.78, 5) is 2.30. The second kappa shape index (κ2) is 8.87. The maximum Gasteiger partial charge on any atom is 0.160 e. The van der Waals surface area contributed by atoms with E-state index < -0.39 is 0 Å². The molecule has 1 aromatic heterocycles. The van der Waals surface area contributed by atoms with Crippen LogP contribution in [0.3, 0.4) is 0 Å². The molecule has 1 aliphatic heterocycles. The van der Waals surface area contributed by atoms with Crippen molar-refractivity contribution in [2.45, 2.75) is 26.6 Å². The summed E-state index contributed by atoms with van der Waals surface area (Å²) < 4.78 is 21.6. The Morgan fingerprint density at radius 2 is 2.04 bits per heavy atom. The standard InChI is InChI=1S/C20H26N2O4/c1-4-22(5-2)17-7-9-20(25-14-19-13-24-19)15(10-17)6-8-18-11-16(12-23-3)21-26-18/h6-11,19H,4-5,12-14H2,1-3H3/b8-6+. The van der Waals surface area contributed by atoms with Crippen LogP contribution in [0.25, 0.3) is 12.2 Å². The van der Waals surface area contributed by atoms with E-state index in [1.54, 1.807) is 7.11 Å². The second-order valence-corrected chi connectivity index (χ2v) is 6.15. The molecule has 6 nitrogen and oxygen atoms in total. The topological polar surface area (TPSA) is 60.3 Å². The molecule has 2 aromatic rings. The smallest absolute Gasteiger partial charge is 0.160 e. The van der Waals surface area contributed by atoms with Crippen molar-refractivity contribution in [2.75, 3.05) is 38.3 Å². The molecule has 1 unspecified atom stereocenters. The monoisotopic (exact) mass is 358 g/mol. The minimum Gasteiger partial charge on any atom is -0.490 e. The molecule has 1 fully saturated rings. The minimum atomic E-state index is 0.222. The zero-order valence-corrected chi connectivity index (χ0v) is 15.6. The molecule has 0 radical (unpaired) electrons. The molecule has 1 saturated heterocycles. The Bertz CT molecular complexity index is 733. The maximum atomic E-state index is 5.93. The highest BCUT2D eigenvalue weighted by Gasteiger charge is 2.23. The van der Waals surface area contributed by atoms with Gasteiger partial charge in [-0.3, -0.25) is 0 Å². The highest BCUT2D eigenvalue weighted by molar-refractivity contribution is 5.73. The van der Waals surface area contributed by atoms with Gasteiger partial charge in [-0.2, -0.15) is 0 Å². The zero-order valence-electron chi connectivity index (χ0n) is 15.6. The molecule has 0 saturated carbocycles. The molecule has 0 aliphatic carbocycles. The molecule has 1 atom stereocenters. The molecule has 1 aliphatic rings. The van der Waals surface area contributed by atoms with E-state index in [0.717, 1.165) is 36.7 Å². The SMILES string of the molecule is CCN(CC)c1ccc(OCC2CO2)c(/C=C/c2cc(COC)no2)c1. The Hall–Kier alpha value is -2.31. The molecule has 6 heteroatoms. The molecule has 3 rings (SSSR count). The summed E-state index contributed by atoms with van der Waals surface area (Å²) in [7, 11) is 1.64. The van der Waals surface area contributed by atoms with Crippen LogP contribution in [0.4, 0.5) is 5.69 Å². The van der Waals surface area contributed by atoms with E-state index in [1.807, 2.05) is 24.3 Å². The molecule has 0 amide bonds. The van der Waals surface area contributed by atoms with Gasteiger partial charge >= 0.3 is 0 Å². The van der Waals surface area contributed by atoms with Crippen LogP contribution in [0.2, 0.25) is 0 Å². The number of epoxide rings is 1. The van der Waals surface area contributed by atoms with E-state index in [0.29, 0.717) is 19.0 Å². The molecular weight excluding hydrogens is 332 g/mol. The average molecular weight is 358 g/mol. The van der Waals surface area contributed by atoms with Gasteiger partial charge in [0.05, 0.1) is 13.2 Å². The number of aromatic nitrogens is 1. The van der Waals surface area contributed by atoms with Crippen LogP contribution >= 0.6 is 0 Å². The van der Waals surface area contributed by atoms with Gasteiger partial charge in [-0.1, -0.05) is 5.16 Å². The predicted octanol–water partition coefficient (Wildman–Crippen LogP) is 3.62. The van der Waals surface area contributed by atoms with Crippen LogP contribution < -0.4 is 9.64 Å². The van der Waals surface area contributed by atoms with Gasteiger partial charge in [0, 0.05) is 37.5 Å². The van der Waals surface area contributed by atoms with Gasteiger partial charge in [0.15, 0.2) is 5.76 Å². The fourth-order valence-electron chi connectivity index (χ4n) is 2.72. The lowest BCUT2D eigenvalue weighted by atomic mass is 10.1. The van der Waals surface area contributed by atoms with E-state index in [-0.39, 0.29) is 6.10 Å². The number of hydrogen-bond acceptors (Lipinski definition) is 6. The van der Waals surface area contributed by atoms with Crippen LogP contribution in [0.1, 0.15) is 30.9 Å². The fourth-order valence-corrected chi connectivity index (χ4v) is 2.72. The van der Waals surface area contributed by atoms with E-state index in [1.165, 1.54) is 5.69 Å². The van der Waals surface area contributed by atoms with Crippen molar-refractivity contribution in [1.29, 1.82) is 0 Å². The van der Waals surface area contributed by atoms with Gasteiger partial charge in [-0.05, 0) is 44.2 Å². The summed E-state index contributed by atoms with van der Waals surface area (Å²) in [5, 5.41) is 3.97. The summed E-state index contributed by atoms with van der Waals surface area (Å²) in [6.45, 7) is 8.01. The highest BCUT2D eigenvalue weighted by Crippen LogP contribution is 2.28. The van der Waals surface area contributed by atoms with Crippen LogP contribution in [-0.2, 0) is 16.1 Å². The van der Waals surface area contributed by atoms with Crippen molar-refractivity contribution in [3.8, 4) is 5.75 Å². The number of rotatable bonds is 10. The minimum absolute atomic E-state index is 0.222. The summed E-state index contributed by atoms with van der Waals surface area (Å²) in [6, 6.07) is 8.12. The van der Waals surface area contributed by atoms with Gasteiger partial charge in [0.1, 0.15) is 24.2 Å². The van der Waals surface area contributed by atoms with Crippen molar-refractivity contribution in [3.63, 3.8) is 0 Å². The van der Waals surface area contributed by atoms with Crippen LogP contribution in [0, 0.1) is 0 Å². The Balaban J connectivity index is 1.81. The van der Waals surface area contributed by atoms with E-state index in [9.17, 15) is 0 Å². The first kappa shape index (κ1) is 18.5. The second-order valence-electron chi connectivity index (χ2n) is 6.15. The molecule has 26 heavy (non-hydrogen) atoms. The number of anilines is 1. The van der Waals surface area contributed by atoms with Crippen molar-refractivity contribution in [2.24, 2.45) is 0 Å². The first-order chi connectivity index (χ1) is 12.7. The fraction of sp³-hybridized carbons (Fsp3) is 0.450. The summed E-state index contributed by atoms with van der Waals surface area (Å²) in [5.74, 6) is 1.52. The Morgan fingerprint density at radius 1 is 1.23 bits per heavy atom. The van der Waals surface area contributed by atoms with Crippen LogP contribution in [0.15, 0.2) is 28.8 Å². The molecule has 1 aromatic carbocycles. The number of nitrogens with zero attached hydrogens (tertiary/aromatic N) is 2. The third kappa shape index (κ3) is 4.86. The molecule has 0 N–H and O–H groups in total. The Kier molecular flexibility index (Phi) is 6.30. The first-order valence-corrected chi connectivity index (χ1v) is 8.99. The van der Waals surface area contributed by atoms with Gasteiger partial charge in [-0.25, -0.2) is 0 Å². The van der Waals surface area contributed by atoms with Gasteiger partial charge in [0.25, 0.3) is 0 Å². The lowest BCUT2D eigenvalue weighted by molar-refractivity contribution is 0.177. The first-order valence-electron chi connectivity index (χ1n) is 8.99. The molecule has 2 heterocycles.